The molecule has 0 radical (unpaired) electrons. The molecular weight excluding hydrogens is 240 g/mol. The summed E-state index contributed by atoms with van der Waals surface area (Å²) in [6.45, 7) is 8.78. The van der Waals surface area contributed by atoms with Gasteiger partial charge in [0.15, 0.2) is 5.82 Å². The highest BCUT2D eigenvalue weighted by Crippen LogP contribution is 2.17. The highest BCUT2D eigenvalue weighted by molar-refractivity contribution is 5.49. The Morgan fingerprint density at radius 3 is 2.68 bits per heavy atom. The fraction of sp³-hybridized carbons (Fsp3) is 0.714. The first-order valence-electron chi connectivity index (χ1n) is 6.92. The highest BCUT2D eigenvalue weighted by Gasteiger charge is 2.10. The van der Waals surface area contributed by atoms with Crippen LogP contribution in [-0.4, -0.2) is 37.2 Å². The molecule has 1 unspecified atom stereocenters. The van der Waals surface area contributed by atoms with Gasteiger partial charge in [-0.25, -0.2) is 9.97 Å². The lowest BCUT2D eigenvalue weighted by Gasteiger charge is -2.22. The topological polar surface area (TPSA) is 50.3 Å². The first-order chi connectivity index (χ1) is 9.10. The monoisotopic (exact) mass is 266 g/mol. The SMILES string of the molecule is CCNc1cc(N(C)CC(C)CC)nc(COC)n1. The molecule has 0 saturated carbocycles. The summed E-state index contributed by atoms with van der Waals surface area (Å²) in [6.07, 6.45) is 1.17. The van der Waals surface area contributed by atoms with E-state index in [0.717, 1.165) is 24.7 Å². The van der Waals surface area contributed by atoms with E-state index in [0.29, 0.717) is 18.3 Å². The normalized spacial score (nSPS) is 12.3. The van der Waals surface area contributed by atoms with Gasteiger partial charge in [-0.05, 0) is 12.8 Å². The van der Waals surface area contributed by atoms with Crippen molar-refractivity contribution in [2.75, 3.05) is 37.5 Å². The first-order valence-corrected chi connectivity index (χ1v) is 6.92. The first kappa shape index (κ1) is 15.7. The number of anilines is 2. The fourth-order valence-corrected chi connectivity index (χ4v) is 1.83. The smallest absolute Gasteiger partial charge is 0.158 e. The van der Waals surface area contributed by atoms with Crippen LogP contribution in [0.3, 0.4) is 0 Å². The molecule has 0 spiro atoms. The third kappa shape index (κ3) is 5.03. The van der Waals surface area contributed by atoms with E-state index in [-0.39, 0.29) is 0 Å². The minimum atomic E-state index is 0.434. The molecule has 1 atom stereocenters. The van der Waals surface area contributed by atoms with Gasteiger partial charge < -0.3 is 15.0 Å². The molecule has 5 heteroatoms. The van der Waals surface area contributed by atoms with Gasteiger partial charge >= 0.3 is 0 Å². The Bertz CT molecular complexity index is 359. The molecule has 0 bridgehead atoms. The van der Waals surface area contributed by atoms with Crippen molar-refractivity contribution in [1.82, 2.24) is 9.97 Å². The van der Waals surface area contributed by atoms with Crippen molar-refractivity contribution >= 4 is 11.6 Å². The van der Waals surface area contributed by atoms with Crippen LogP contribution in [0.5, 0.6) is 0 Å². The van der Waals surface area contributed by atoms with E-state index >= 15 is 0 Å². The number of hydrogen-bond donors (Lipinski definition) is 1. The summed E-state index contributed by atoms with van der Waals surface area (Å²) in [4.78, 5) is 11.1. The highest BCUT2D eigenvalue weighted by atomic mass is 16.5. The Balaban J connectivity index is 2.90. The van der Waals surface area contributed by atoms with E-state index in [1.165, 1.54) is 6.42 Å². The van der Waals surface area contributed by atoms with Gasteiger partial charge in [0, 0.05) is 33.3 Å². The number of aromatic nitrogens is 2. The molecule has 19 heavy (non-hydrogen) atoms. The number of hydrogen-bond acceptors (Lipinski definition) is 5. The Labute approximate surface area is 116 Å². The molecule has 5 nitrogen and oxygen atoms in total. The number of methoxy groups -OCH3 is 1. The van der Waals surface area contributed by atoms with Crippen LogP contribution in [0.4, 0.5) is 11.6 Å². The third-order valence-electron chi connectivity index (χ3n) is 3.06. The summed E-state index contributed by atoms with van der Waals surface area (Å²) in [6, 6.07) is 1.99. The summed E-state index contributed by atoms with van der Waals surface area (Å²) < 4.78 is 5.13. The van der Waals surface area contributed by atoms with Crippen LogP contribution in [0, 0.1) is 5.92 Å². The van der Waals surface area contributed by atoms with Crippen molar-refractivity contribution in [3.05, 3.63) is 11.9 Å². The molecule has 0 saturated heterocycles. The molecule has 0 aliphatic carbocycles. The van der Waals surface area contributed by atoms with Crippen LogP contribution in [0.25, 0.3) is 0 Å². The maximum absolute atomic E-state index is 5.13. The van der Waals surface area contributed by atoms with Crippen molar-refractivity contribution in [3.63, 3.8) is 0 Å². The number of rotatable bonds is 8. The fourth-order valence-electron chi connectivity index (χ4n) is 1.83. The van der Waals surface area contributed by atoms with Crippen molar-refractivity contribution in [2.45, 2.75) is 33.8 Å². The maximum Gasteiger partial charge on any atom is 0.158 e. The Morgan fingerprint density at radius 1 is 1.37 bits per heavy atom. The van der Waals surface area contributed by atoms with E-state index in [9.17, 15) is 0 Å². The summed E-state index contributed by atoms with van der Waals surface area (Å²) in [7, 11) is 3.73. The van der Waals surface area contributed by atoms with Gasteiger partial charge in [0.1, 0.15) is 18.2 Å². The number of nitrogens with one attached hydrogen (secondary N) is 1. The zero-order chi connectivity index (χ0) is 14.3. The zero-order valence-electron chi connectivity index (χ0n) is 12.7. The van der Waals surface area contributed by atoms with Gasteiger partial charge in [0.25, 0.3) is 0 Å². The number of nitrogens with zero attached hydrogens (tertiary/aromatic N) is 3. The average molecular weight is 266 g/mol. The predicted molar refractivity (Wildman–Crippen MR) is 79.6 cm³/mol. The molecule has 0 fully saturated rings. The lowest BCUT2D eigenvalue weighted by molar-refractivity contribution is 0.178. The van der Waals surface area contributed by atoms with Gasteiger partial charge in [-0.1, -0.05) is 20.3 Å². The van der Waals surface area contributed by atoms with Gasteiger partial charge in [0.2, 0.25) is 0 Å². The van der Waals surface area contributed by atoms with Crippen molar-refractivity contribution < 1.29 is 4.74 Å². The Kier molecular flexibility index (Phi) is 6.56. The second-order valence-electron chi connectivity index (χ2n) is 4.88. The molecule has 1 aromatic rings. The summed E-state index contributed by atoms with van der Waals surface area (Å²) in [5.41, 5.74) is 0. The zero-order valence-corrected chi connectivity index (χ0v) is 12.7. The molecule has 1 aromatic heterocycles. The largest absolute Gasteiger partial charge is 0.377 e. The van der Waals surface area contributed by atoms with Crippen molar-refractivity contribution in [3.8, 4) is 0 Å². The lowest BCUT2D eigenvalue weighted by atomic mass is 10.1. The van der Waals surface area contributed by atoms with Crippen molar-refractivity contribution in [2.24, 2.45) is 5.92 Å². The quantitative estimate of drug-likeness (QED) is 0.783. The van der Waals surface area contributed by atoms with Gasteiger partial charge in [-0.2, -0.15) is 0 Å². The summed E-state index contributed by atoms with van der Waals surface area (Å²) in [5, 5.41) is 3.24. The molecule has 0 aliphatic rings. The molecule has 0 amide bonds. The van der Waals surface area contributed by atoms with Crippen LogP contribution in [-0.2, 0) is 11.3 Å². The predicted octanol–water partition coefficient (Wildman–Crippen LogP) is 2.54. The number of ether oxygens (including phenoxy) is 1. The molecular formula is C14H26N4O. The van der Waals surface area contributed by atoms with Gasteiger partial charge in [-0.3, -0.25) is 0 Å². The van der Waals surface area contributed by atoms with Crippen molar-refractivity contribution in [1.29, 1.82) is 0 Å². The Hall–Kier alpha value is -1.36. The van der Waals surface area contributed by atoms with E-state index in [2.05, 4.69) is 48.0 Å². The summed E-state index contributed by atoms with van der Waals surface area (Å²) in [5.74, 6) is 3.16. The van der Waals surface area contributed by atoms with Crippen LogP contribution in [0.15, 0.2) is 6.07 Å². The van der Waals surface area contributed by atoms with E-state index in [1.54, 1.807) is 7.11 Å². The average Bonchev–Trinajstić information content (AvgIpc) is 2.39. The molecule has 0 aliphatic heterocycles. The molecule has 1 heterocycles. The second-order valence-corrected chi connectivity index (χ2v) is 4.88. The standard InChI is InChI=1S/C14H26N4O/c1-6-11(3)9-18(4)14-8-12(15-7-2)16-13(17-14)10-19-5/h8,11H,6-7,9-10H2,1-5H3,(H,15,16,17). The van der Waals surface area contributed by atoms with E-state index in [4.69, 9.17) is 4.74 Å². The minimum absolute atomic E-state index is 0.434. The molecule has 1 rings (SSSR count). The van der Waals surface area contributed by atoms with Crippen LogP contribution in [0.1, 0.15) is 33.0 Å². The van der Waals surface area contributed by atoms with Gasteiger partial charge in [0.05, 0.1) is 0 Å². The molecule has 108 valence electrons. The molecule has 0 aromatic carbocycles. The Morgan fingerprint density at radius 2 is 2.11 bits per heavy atom. The second kappa shape index (κ2) is 7.94. The summed E-state index contributed by atoms with van der Waals surface area (Å²) >= 11 is 0. The van der Waals surface area contributed by atoms with Crippen LogP contribution >= 0.6 is 0 Å². The van der Waals surface area contributed by atoms with Gasteiger partial charge in [-0.15, -0.1) is 0 Å². The van der Waals surface area contributed by atoms with Crippen LogP contribution in [0.2, 0.25) is 0 Å². The molecule has 1 N–H and O–H groups in total. The lowest BCUT2D eigenvalue weighted by Crippen LogP contribution is -2.25. The van der Waals surface area contributed by atoms with E-state index < -0.39 is 0 Å². The van der Waals surface area contributed by atoms with E-state index in [1.807, 2.05) is 6.07 Å². The third-order valence-corrected chi connectivity index (χ3v) is 3.06. The maximum atomic E-state index is 5.13. The minimum Gasteiger partial charge on any atom is -0.377 e. The van der Waals surface area contributed by atoms with Crippen LogP contribution < -0.4 is 10.2 Å².